The lowest BCUT2D eigenvalue weighted by molar-refractivity contribution is -0.133. The first kappa shape index (κ1) is 18.4. The molecular formula is C21H24N4O3. The van der Waals surface area contributed by atoms with Crippen molar-refractivity contribution in [3.63, 3.8) is 0 Å². The van der Waals surface area contributed by atoms with Crippen LogP contribution in [-0.4, -0.2) is 45.8 Å². The number of nitrogens with one attached hydrogen (secondary N) is 2. The predicted octanol–water partition coefficient (Wildman–Crippen LogP) is 1.88. The first-order valence-corrected chi connectivity index (χ1v) is 9.77. The van der Waals surface area contributed by atoms with E-state index in [-0.39, 0.29) is 23.4 Å². The van der Waals surface area contributed by atoms with Crippen LogP contribution in [0.3, 0.4) is 0 Å². The van der Waals surface area contributed by atoms with E-state index in [0.717, 1.165) is 43.4 Å². The standard InChI is InChI=1S/C21H24N4O3/c1-13-4-6-14(7-5-13)18-22-11-17(20(27)24-18)19(26)23-16-3-2-10-25(12-16)21(28)15-8-9-15/h4-7,11,15-16H,2-3,8-10,12H2,1H3,(H,23,26)(H,22,24,27)/t16-/m0/s1. The van der Waals surface area contributed by atoms with Crippen molar-refractivity contribution in [1.29, 1.82) is 0 Å². The highest BCUT2D eigenvalue weighted by molar-refractivity contribution is 5.94. The minimum absolute atomic E-state index is 0.0125. The van der Waals surface area contributed by atoms with E-state index < -0.39 is 11.5 Å². The molecule has 2 amide bonds. The molecule has 0 unspecified atom stereocenters. The fourth-order valence-corrected chi connectivity index (χ4v) is 3.56. The summed E-state index contributed by atoms with van der Waals surface area (Å²) in [6.07, 6.45) is 4.91. The number of piperidine rings is 1. The molecule has 0 spiro atoms. The molecule has 1 saturated heterocycles. The first-order chi connectivity index (χ1) is 13.5. The van der Waals surface area contributed by atoms with Gasteiger partial charge in [0.1, 0.15) is 11.4 Å². The number of rotatable bonds is 4. The smallest absolute Gasteiger partial charge is 0.264 e. The van der Waals surface area contributed by atoms with Crippen molar-refractivity contribution in [1.82, 2.24) is 20.2 Å². The Morgan fingerprint density at radius 1 is 1.18 bits per heavy atom. The van der Waals surface area contributed by atoms with Crippen LogP contribution in [0.25, 0.3) is 11.4 Å². The van der Waals surface area contributed by atoms with Gasteiger partial charge in [0.25, 0.3) is 11.5 Å². The zero-order valence-electron chi connectivity index (χ0n) is 15.9. The Morgan fingerprint density at radius 3 is 2.61 bits per heavy atom. The number of carbonyl (C=O) groups is 2. The highest BCUT2D eigenvalue weighted by atomic mass is 16.2. The Bertz CT molecular complexity index is 947. The summed E-state index contributed by atoms with van der Waals surface area (Å²) in [5, 5.41) is 2.89. The van der Waals surface area contributed by atoms with E-state index in [1.807, 2.05) is 36.1 Å². The number of H-pyrrole nitrogens is 1. The molecule has 1 saturated carbocycles. The summed E-state index contributed by atoms with van der Waals surface area (Å²) in [6, 6.07) is 7.49. The van der Waals surface area contributed by atoms with Crippen LogP contribution < -0.4 is 10.9 Å². The van der Waals surface area contributed by atoms with Crippen molar-refractivity contribution < 1.29 is 9.59 Å². The van der Waals surface area contributed by atoms with Gasteiger partial charge in [-0.1, -0.05) is 29.8 Å². The summed E-state index contributed by atoms with van der Waals surface area (Å²) in [6.45, 7) is 3.24. The van der Waals surface area contributed by atoms with E-state index in [4.69, 9.17) is 0 Å². The van der Waals surface area contributed by atoms with Crippen LogP contribution in [0.4, 0.5) is 0 Å². The minimum Gasteiger partial charge on any atom is -0.347 e. The third-order valence-corrected chi connectivity index (χ3v) is 5.36. The van der Waals surface area contributed by atoms with Crippen LogP contribution in [0, 0.1) is 12.8 Å². The second-order valence-corrected chi connectivity index (χ2v) is 7.71. The zero-order chi connectivity index (χ0) is 19.7. The van der Waals surface area contributed by atoms with Crippen molar-refractivity contribution >= 4 is 11.8 Å². The summed E-state index contributed by atoms with van der Waals surface area (Å²) in [5.41, 5.74) is 1.42. The molecule has 7 heteroatoms. The van der Waals surface area contributed by atoms with E-state index in [1.165, 1.54) is 6.20 Å². The largest absolute Gasteiger partial charge is 0.347 e. The maximum Gasteiger partial charge on any atom is 0.264 e. The number of benzene rings is 1. The second-order valence-electron chi connectivity index (χ2n) is 7.71. The summed E-state index contributed by atoms with van der Waals surface area (Å²) in [5.74, 6) is 0.354. The molecule has 2 N–H and O–H groups in total. The van der Waals surface area contributed by atoms with Gasteiger partial charge in [-0.2, -0.15) is 0 Å². The van der Waals surface area contributed by atoms with Gasteiger partial charge >= 0.3 is 0 Å². The zero-order valence-corrected chi connectivity index (χ0v) is 15.9. The van der Waals surface area contributed by atoms with Gasteiger partial charge in [0, 0.05) is 36.8 Å². The molecule has 146 valence electrons. The van der Waals surface area contributed by atoms with Crippen LogP contribution in [0.2, 0.25) is 0 Å². The van der Waals surface area contributed by atoms with Gasteiger partial charge < -0.3 is 15.2 Å². The Morgan fingerprint density at radius 2 is 1.93 bits per heavy atom. The van der Waals surface area contributed by atoms with Gasteiger partial charge in [-0.15, -0.1) is 0 Å². The third-order valence-electron chi connectivity index (χ3n) is 5.36. The maximum atomic E-state index is 12.6. The highest BCUT2D eigenvalue weighted by Crippen LogP contribution is 2.31. The molecule has 4 rings (SSSR count). The van der Waals surface area contributed by atoms with Crippen LogP contribution in [0.5, 0.6) is 0 Å². The van der Waals surface area contributed by atoms with E-state index in [0.29, 0.717) is 12.4 Å². The van der Waals surface area contributed by atoms with Crippen molar-refractivity contribution in [2.24, 2.45) is 5.92 Å². The molecule has 2 fully saturated rings. The number of nitrogens with zero attached hydrogens (tertiary/aromatic N) is 2. The summed E-state index contributed by atoms with van der Waals surface area (Å²) >= 11 is 0. The van der Waals surface area contributed by atoms with E-state index in [1.54, 1.807) is 0 Å². The molecule has 0 bridgehead atoms. The topological polar surface area (TPSA) is 95.2 Å². The number of amides is 2. The number of likely N-dealkylation sites (tertiary alicyclic amines) is 1. The second kappa shape index (κ2) is 7.58. The molecule has 2 aliphatic rings. The molecule has 7 nitrogen and oxygen atoms in total. The Balaban J connectivity index is 1.43. The Labute approximate surface area is 163 Å². The monoisotopic (exact) mass is 380 g/mol. The van der Waals surface area contributed by atoms with Gasteiger partial charge in [0.05, 0.1) is 0 Å². The molecule has 0 radical (unpaired) electrons. The van der Waals surface area contributed by atoms with Gasteiger partial charge in [0.2, 0.25) is 5.91 Å². The molecule has 1 aromatic heterocycles. The van der Waals surface area contributed by atoms with Crippen molar-refractivity contribution in [3.05, 3.63) is 51.9 Å². The molecule has 1 aromatic carbocycles. The van der Waals surface area contributed by atoms with Crippen molar-refractivity contribution in [2.45, 2.75) is 38.6 Å². The average Bonchev–Trinajstić information content (AvgIpc) is 3.53. The molecular weight excluding hydrogens is 356 g/mol. The fourth-order valence-electron chi connectivity index (χ4n) is 3.56. The first-order valence-electron chi connectivity index (χ1n) is 9.77. The predicted molar refractivity (Wildman–Crippen MR) is 105 cm³/mol. The van der Waals surface area contributed by atoms with Crippen molar-refractivity contribution in [2.75, 3.05) is 13.1 Å². The van der Waals surface area contributed by atoms with Crippen molar-refractivity contribution in [3.8, 4) is 11.4 Å². The molecule has 2 heterocycles. The minimum atomic E-state index is -0.468. The molecule has 2 aromatic rings. The summed E-state index contributed by atoms with van der Waals surface area (Å²) in [4.78, 5) is 46.0. The summed E-state index contributed by atoms with van der Waals surface area (Å²) < 4.78 is 0. The number of carbonyl (C=O) groups excluding carboxylic acids is 2. The van der Waals surface area contributed by atoms with Crippen LogP contribution in [-0.2, 0) is 4.79 Å². The summed E-state index contributed by atoms with van der Waals surface area (Å²) in [7, 11) is 0. The van der Waals surface area contributed by atoms with Gasteiger partial charge in [0.15, 0.2) is 0 Å². The van der Waals surface area contributed by atoms with Gasteiger partial charge in [-0.05, 0) is 32.6 Å². The number of aryl methyl sites for hydroxylation is 1. The highest BCUT2D eigenvalue weighted by Gasteiger charge is 2.35. The SMILES string of the molecule is Cc1ccc(-c2ncc(C(=O)N[C@H]3CCCN(C(=O)C4CC4)C3)c(=O)[nH]2)cc1. The molecule has 28 heavy (non-hydrogen) atoms. The lowest BCUT2D eigenvalue weighted by Crippen LogP contribution is -2.50. The van der Waals surface area contributed by atoms with E-state index >= 15 is 0 Å². The lowest BCUT2D eigenvalue weighted by Gasteiger charge is -2.33. The van der Waals surface area contributed by atoms with Crippen LogP contribution in [0.1, 0.15) is 41.6 Å². The third kappa shape index (κ3) is 3.98. The number of hydrogen-bond acceptors (Lipinski definition) is 4. The maximum absolute atomic E-state index is 12.6. The van der Waals surface area contributed by atoms with E-state index in [9.17, 15) is 14.4 Å². The normalized spacial score (nSPS) is 19.3. The molecule has 1 atom stereocenters. The quantitative estimate of drug-likeness (QED) is 0.847. The van der Waals surface area contributed by atoms with Gasteiger partial charge in [-0.25, -0.2) is 4.98 Å². The van der Waals surface area contributed by atoms with Crippen LogP contribution >= 0.6 is 0 Å². The number of aromatic nitrogens is 2. The fraction of sp³-hybridized carbons (Fsp3) is 0.429. The Hall–Kier alpha value is -2.96. The Kier molecular flexibility index (Phi) is 4.98. The molecule has 1 aliphatic heterocycles. The number of hydrogen-bond donors (Lipinski definition) is 2. The van der Waals surface area contributed by atoms with Crippen LogP contribution in [0.15, 0.2) is 35.3 Å². The lowest BCUT2D eigenvalue weighted by atomic mass is 10.0. The number of aromatic amines is 1. The van der Waals surface area contributed by atoms with E-state index in [2.05, 4.69) is 15.3 Å². The average molecular weight is 380 g/mol. The van der Waals surface area contributed by atoms with Gasteiger partial charge in [-0.3, -0.25) is 14.4 Å². The molecule has 1 aliphatic carbocycles.